The molecule has 0 amide bonds. The van der Waals surface area contributed by atoms with Crippen molar-refractivity contribution in [2.45, 2.75) is 36.6 Å². The van der Waals surface area contributed by atoms with Crippen LogP contribution in [0.15, 0.2) is 157 Å². The molecule has 0 aliphatic carbocycles. The summed E-state index contributed by atoms with van der Waals surface area (Å²) in [5.74, 6) is -10.0. The maximum atomic E-state index is 15.9. The summed E-state index contributed by atoms with van der Waals surface area (Å²) in [5.41, 5.74) is -0.618. The first-order chi connectivity index (χ1) is 27.2. The van der Waals surface area contributed by atoms with Gasteiger partial charge in [0.1, 0.15) is 12.7 Å². The number of rotatable bonds is 12. The molecule has 5 aromatic rings. The average Bonchev–Trinajstić information content (AvgIpc) is 3.25. The molecule has 0 saturated carbocycles. The lowest BCUT2D eigenvalue weighted by molar-refractivity contribution is -0.282. The van der Waals surface area contributed by atoms with Gasteiger partial charge in [-0.15, -0.1) is 0 Å². The molecule has 5 atom stereocenters. The van der Waals surface area contributed by atoms with E-state index in [1.807, 2.05) is 0 Å². The topological polar surface area (TPSA) is 136 Å². The fourth-order valence-electron chi connectivity index (χ4n) is 5.65. The number of carbonyl (C=O) groups is 4. The van der Waals surface area contributed by atoms with Gasteiger partial charge >= 0.3 is 29.8 Å². The lowest BCUT2D eigenvalue weighted by Crippen LogP contribution is -2.63. The van der Waals surface area contributed by atoms with E-state index in [1.165, 1.54) is 91.0 Å². The zero-order valence-electron chi connectivity index (χ0n) is 29.2. The Morgan fingerprint density at radius 2 is 0.893 bits per heavy atom. The van der Waals surface area contributed by atoms with Gasteiger partial charge in [0.15, 0.2) is 12.2 Å². The van der Waals surface area contributed by atoms with E-state index >= 15 is 8.78 Å². The smallest absolute Gasteiger partial charge is 0.349 e. The fourth-order valence-corrected chi connectivity index (χ4v) is 5.65. The van der Waals surface area contributed by atoms with Crippen LogP contribution in [0.25, 0.3) is 0 Å². The summed E-state index contributed by atoms with van der Waals surface area (Å²) in [5, 5.41) is 2.23. The van der Waals surface area contributed by atoms with Gasteiger partial charge in [-0.05, 0) is 53.7 Å². The van der Waals surface area contributed by atoms with Crippen LogP contribution in [0.4, 0.5) is 13.3 Å². The molecule has 286 valence electrons. The van der Waals surface area contributed by atoms with Crippen molar-refractivity contribution in [2.24, 2.45) is 5.21 Å². The number of carbonyl (C=O) groups excluding carboxylic acids is 4. The Balaban J connectivity index is 1.45. The minimum atomic E-state index is -4.23. The molecule has 1 heterocycles. The summed E-state index contributed by atoms with van der Waals surface area (Å²) in [7, 11) is 0. The fraction of sp³-hybridized carbons (Fsp3) is 0.167. The minimum absolute atomic E-state index is 0.00796. The third-order valence-corrected chi connectivity index (χ3v) is 8.45. The largest absolute Gasteiger partial charge is 0.459 e. The van der Waals surface area contributed by atoms with Crippen molar-refractivity contribution in [2.75, 3.05) is 6.61 Å². The van der Waals surface area contributed by atoms with Crippen LogP contribution in [0, 0.1) is 0 Å². The van der Waals surface area contributed by atoms with Crippen molar-refractivity contribution < 1.29 is 60.9 Å². The molecule has 5 aromatic carbocycles. The van der Waals surface area contributed by atoms with Gasteiger partial charge in [0.2, 0.25) is 12.4 Å². The van der Waals surface area contributed by atoms with E-state index < -0.39 is 78.6 Å². The third-order valence-electron chi connectivity index (χ3n) is 8.45. The normalized spacial score (nSPS) is 19.6. The van der Waals surface area contributed by atoms with E-state index in [4.69, 9.17) is 28.4 Å². The molecule has 1 fully saturated rings. The van der Waals surface area contributed by atoms with Gasteiger partial charge in [0.25, 0.3) is 5.90 Å². The van der Waals surface area contributed by atoms with Crippen molar-refractivity contribution in [1.29, 1.82) is 0 Å². The summed E-state index contributed by atoms with van der Waals surface area (Å²) in [4.78, 5) is 54.1. The standard InChI is InChI=1S/C42H32F3NO10/c43-42(44,31-24-14-5-15-25-31)41(46-45)56-40-35(55-39(50)30-22-12-4-13-23-30)34(54-38(49)29-20-10-3-11-21-29)33(53-37(48)28-18-8-2-9-19-28)32(52-40)26-51-36(47)27-16-6-1-7-17-27/h1-25,32-35,40H,26H2/t32-,33-,34+,35-,40-/m1/s1. The highest BCUT2D eigenvalue weighted by atomic mass is 19.3. The predicted octanol–water partition coefficient (Wildman–Crippen LogP) is 7.34. The Kier molecular flexibility index (Phi) is 12.5. The molecule has 0 bridgehead atoms. The first kappa shape index (κ1) is 38.9. The van der Waals surface area contributed by atoms with E-state index in [1.54, 1.807) is 48.5 Å². The van der Waals surface area contributed by atoms with Gasteiger partial charge in [-0.1, -0.05) is 108 Å². The number of esters is 4. The first-order valence-electron chi connectivity index (χ1n) is 17.1. The van der Waals surface area contributed by atoms with Gasteiger partial charge in [-0.2, -0.15) is 8.78 Å². The Hall–Kier alpha value is -6.80. The van der Waals surface area contributed by atoms with Crippen molar-refractivity contribution in [3.8, 4) is 0 Å². The average molecular weight is 768 g/mol. The number of benzene rings is 5. The highest BCUT2D eigenvalue weighted by Crippen LogP contribution is 2.36. The van der Waals surface area contributed by atoms with Gasteiger partial charge in [-0.3, -0.25) is 0 Å². The molecule has 0 radical (unpaired) electrons. The molecule has 1 saturated heterocycles. The minimum Gasteiger partial charge on any atom is -0.459 e. The maximum absolute atomic E-state index is 15.9. The molecular formula is C42H32F3NO10. The van der Waals surface area contributed by atoms with Crippen LogP contribution in [0.2, 0.25) is 0 Å². The van der Waals surface area contributed by atoms with Crippen LogP contribution in [0.5, 0.6) is 0 Å². The molecular weight excluding hydrogens is 735 g/mol. The van der Waals surface area contributed by atoms with Crippen molar-refractivity contribution >= 4 is 29.8 Å². The third kappa shape index (κ3) is 9.28. The zero-order valence-corrected chi connectivity index (χ0v) is 29.2. The van der Waals surface area contributed by atoms with Crippen LogP contribution in [0.1, 0.15) is 47.0 Å². The molecule has 56 heavy (non-hydrogen) atoms. The SMILES string of the molecule is O=C(OC[C@H]1O[C@H](OC(=NF)C(F)(F)c2ccccc2)[C@H](OC(=O)c2ccccc2)[C@@H](OC(=O)c2ccccc2)[C@@H]1OC(=O)c1ccccc1)c1ccccc1. The van der Waals surface area contributed by atoms with Crippen LogP contribution in [-0.4, -0.2) is 67.1 Å². The van der Waals surface area contributed by atoms with Gasteiger partial charge < -0.3 is 28.4 Å². The number of hydrogen-bond donors (Lipinski definition) is 0. The number of halogens is 3. The van der Waals surface area contributed by atoms with E-state index in [9.17, 15) is 23.7 Å². The molecule has 1 aliphatic rings. The summed E-state index contributed by atoms with van der Waals surface area (Å²) in [6.07, 6.45) is -9.73. The van der Waals surface area contributed by atoms with E-state index in [0.717, 1.165) is 12.1 Å². The summed E-state index contributed by atoms with van der Waals surface area (Å²) in [6, 6.07) is 36.3. The second-order valence-electron chi connectivity index (χ2n) is 12.2. The van der Waals surface area contributed by atoms with Crippen LogP contribution in [0.3, 0.4) is 0 Å². The molecule has 0 unspecified atom stereocenters. The predicted molar refractivity (Wildman–Crippen MR) is 192 cm³/mol. The van der Waals surface area contributed by atoms with Crippen molar-refractivity contribution in [3.05, 3.63) is 179 Å². The lowest BCUT2D eigenvalue weighted by Gasteiger charge is -2.44. The van der Waals surface area contributed by atoms with Crippen molar-refractivity contribution in [3.63, 3.8) is 0 Å². The zero-order chi connectivity index (χ0) is 39.5. The van der Waals surface area contributed by atoms with Crippen LogP contribution >= 0.6 is 0 Å². The number of nitrogens with zero attached hydrogens (tertiary/aromatic N) is 1. The molecule has 6 rings (SSSR count). The van der Waals surface area contributed by atoms with Crippen LogP contribution < -0.4 is 0 Å². The summed E-state index contributed by atoms with van der Waals surface area (Å²) < 4.78 is 80.6. The van der Waals surface area contributed by atoms with Gasteiger partial charge in [0, 0.05) is 5.56 Å². The molecule has 0 aromatic heterocycles. The monoisotopic (exact) mass is 767 g/mol. The number of hydrogen-bond acceptors (Lipinski definition) is 11. The quantitative estimate of drug-likeness (QED) is 0.0549. The molecule has 0 spiro atoms. The van der Waals surface area contributed by atoms with E-state index in [2.05, 4.69) is 5.21 Å². The number of alkyl halides is 2. The molecule has 14 heteroatoms. The Morgan fingerprint density at radius 1 is 0.518 bits per heavy atom. The molecule has 11 nitrogen and oxygen atoms in total. The highest BCUT2D eigenvalue weighted by Gasteiger charge is 2.56. The van der Waals surface area contributed by atoms with E-state index in [0.29, 0.717) is 0 Å². The Morgan fingerprint density at radius 3 is 1.32 bits per heavy atom. The summed E-state index contributed by atoms with van der Waals surface area (Å²) in [6.45, 7) is -0.768. The molecule has 0 N–H and O–H groups in total. The lowest BCUT2D eigenvalue weighted by atomic mass is 9.97. The highest BCUT2D eigenvalue weighted by molar-refractivity contribution is 5.92. The van der Waals surface area contributed by atoms with Gasteiger partial charge in [0.05, 0.1) is 22.3 Å². The van der Waals surface area contributed by atoms with Gasteiger partial charge in [-0.25, -0.2) is 19.2 Å². The second kappa shape index (κ2) is 18.0. The van der Waals surface area contributed by atoms with Crippen LogP contribution in [-0.2, 0) is 34.3 Å². The second-order valence-corrected chi connectivity index (χ2v) is 12.2. The Labute approximate surface area is 318 Å². The Bertz CT molecular complexity index is 2130. The van der Waals surface area contributed by atoms with Crippen molar-refractivity contribution in [1.82, 2.24) is 0 Å². The summed E-state index contributed by atoms with van der Waals surface area (Å²) >= 11 is 0. The molecule has 1 aliphatic heterocycles. The first-order valence-corrected chi connectivity index (χ1v) is 17.1. The number of ether oxygens (including phenoxy) is 6. The maximum Gasteiger partial charge on any atom is 0.349 e. The van der Waals surface area contributed by atoms with E-state index in [-0.39, 0.29) is 22.3 Å².